The van der Waals surface area contributed by atoms with E-state index >= 15 is 0 Å². The number of nitrogens with zero attached hydrogens (tertiary/aromatic N) is 1. The molecule has 0 saturated heterocycles. The zero-order valence-electron chi connectivity index (χ0n) is 8.51. The second-order valence-electron chi connectivity index (χ2n) is 3.25. The maximum absolute atomic E-state index is 11.1. The van der Waals surface area contributed by atoms with Crippen LogP contribution in [0.3, 0.4) is 0 Å². The highest BCUT2D eigenvalue weighted by Crippen LogP contribution is 2.12. The Morgan fingerprint density at radius 1 is 1.50 bits per heavy atom. The standard InChI is InChI=1S/C11H11N3O2/c12-10(15)9-2-1-4-13-11(9)14-6-8-3-5-16-7-8/h1-5,7H,6H2,(H2,12,15)(H,13,14). The van der Waals surface area contributed by atoms with Gasteiger partial charge in [-0.25, -0.2) is 4.98 Å². The van der Waals surface area contributed by atoms with E-state index in [1.807, 2.05) is 6.07 Å². The highest BCUT2D eigenvalue weighted by Gasteiger charge is 2.07. The number of pyridine rings is 1. The van der Waals surface area contributed by atoms with E-state index in [1.165, 1.54) is 0 Å². The Kier molecular flexibility index (Phi) is 2.86. The molecular weight excluding hydrogens is 206 g/mol. The average molecular weight is 217 g/mol. The van der Waals surface area contributed by atoms with Crippen molar-refractivity contribution in [1.82, 2.24) is 4.98 Å². The Labute approximate surface area is 92.3 Å². The van der Waals surface area contributed by atoms with E-state index in [0.717, 1.165) is 5.56 Å². The number of nitrogens with two attached hydrogens (primary N) is 1. The molecule has 2 aromatic rings. The number of amides is 1. The third-order valence-corrected chi connectivity index (χ3v) is 2.11. The van der Waals surface area contributed by atoms with Gasteiger partial charge in [-0.3, -0.25) is 4.79 Å². The lowest BCUT2D eigenvalue weighted by Gasteiger charge is -2.06. The molecule has 2 rings (SSSR count). The molecule has 0 aliphatic carbocycles. The van der Waals surface area contributed by atoms with Crippen LogP contribution < -0.4 is 11.1 Å². The maximum Gasteiger partial charge on any atom is 0.252 e. The summed E-state index contributed by atoms with van der Waals surface area (Å²) >= 11 is 0. The number of nitrogens with one attached hydrogen (secondary N) is 1. The molecule has 2 heterocycles. The summed E-state index contributed by atoms with van der Waals surface area (Å²) in [6.45, 7) is 0.536. The van der Waals surface area contributed by atoms with Gasteiger partial charge in [0.25, 0.3) is 5.91 Å². The second-order valence-corrected chi connectivity index (χ2v) is 3.25. The molecule has 0 aromatic carbocycles. The van der Waals surface area contributed by atoms with Gasteiger partial charge >= 0.3 is 0 Å². The van der Waals surface area contributed by atoms with Crippen molar-refractivity contribution in [3.8, 4) is 0 Å². The predicted octanol–water partition coefficient (Wildman–Crippen LogP) is 1.39. The number of furan rings is 1. The minimum Gasteiger partial charge on any atom is -0.472 e. The van der Waals surface area contributed by atoms with Crippen LogP contribution in [0.15, 0.2) is 41.3 Å². The number of carbonyl (C=O) groups excluding carboxylic acids is 1. The Morgan fingerprint density at radius 3 is 3.06 bits per heavy atom. The highest BCUT2D eigenvalue weighted by atomic mass is 16.3. The fraction of sp³-hybridized carbons (Fsp3) is 0.0909. The average Bonchev–Trinajstić information content (AvgIpc) is 2.79. The Hall–Kier alpha value is -2.30. The molecule has 0 saturated carbocycles. The van der Waals surface area contributed by atoms with Crippen molar-refractivity contribution in [2.75, 3.05) is 5.32 Å². The van der Waals surface area contributed by atoms with Gasteiger partial charge in [0, 0.05) is 18.3 Å². The molecule has 0 spiro atoms. The van der Waals surface area contributed by atoms with Crippen molar-refractivity contribution in [2.24, 2.45) is 5.73 Å². The molecule has 0 aliphatic heterocycles. The van der Waals surface area contributed by atoms with Crippen molar-refractivity contribution >= 4 is 11.7 Å². The molecule has 1 amide bonds. The summed E-state index contributed by atoms with van der Waals surface area (Å²) in [5.41, 5.74) is 6.58. The first kappa shape index (κ1) is 10.2. The van der Waals surface area contributed by atoms with Crippen LogP contribution in [0.25, 0.3) is 0 Å². The Balaban J connectivity index is 2.12. The van der Waals surface area contributed by atoms with Crippen LogP contribution in [0.5, 0.6) is 0 Å². The van der Waals surface area contributed by atoms with Gasteiger partial charge in [0.2, 0.25) is 0 Å². The van der Waals surface area contributed by atoms with Gasteiger partial charge in [-0.2, -0.15) is 0 Å². The minimum absolute atomic E-state index is 0.381. The molecule has 2 aromatic heterocycles. The largest absolute Gasteiger partial charge is 0.472 e. The summed E-state index contributed by atoms with van der Waals surface area (Å²) in [6, 6.07) is 5.13. The molecule has 0 aliphatic rings. The molecule has 82 valence electrons. The van der Waals surface area contributed by atoms with Gasteiger partial charge in [-0.1, -0.05) is 0 Å². The third-order valence-electron chi connectivity index (χ3n) is 2.11. The second kappa shape index (κ2) is 4.48. The van der Waals surface area contributed by atoms with E-state index in [1.54, 1.807) is 30.9 Å². The van der Waals surface area contributed by atoms with E-state index in [0.29, 0.717) is 17.9 Å². The van der Waals surface area contributed by atoms with Gasteiger partial charge < -0.3 is 15.5 Å². The van der Waals surface area contributed by atoms with Crippen LogP contribution in [-0.4, -0.2) is 10.9 Å². The summed E-state index contributed by atoms with van der Waals surface area (Å²) in [7, 11) is 0. The molecule has 0 bridgehead atoms. The van der Waals surface area contributed by atoms with E-state index in [-0.39, 0.29) is 0 Å². The number of aromatic nitrogens is 1. The lowest BCUT2D eigenvalue weighted by Crippen LogP contribution is -2.15. The summed E-state index contributed by atoms with van der Waals surface area (Å²) in [5.74, 6) is -0.0148. The van der Waals surface area contributed by atoms with Crippen LogP contribution in [0, 0.1) is 0 Å². The van der Waals surface area contributed by atoms with Crippen molar-refractivity contribution in [3.63, 3.8) is 0 Å². The van der Waals surface area contributed by atoms with E-state index in [4.69, 9.17) is 10.2 Å². The first-order valence-electron chi connectivity index (χ1n) is 4.77. The van der Waals surface area contributed by atoms with Crippen LogP contribution in [0.4, 0.5) is 5.82 Å². The number of hydrogen-bond donors (Lipinski definition) is 2. The first-order valence-corrected chi connectivity index (χ1v) is 4.77. The number of primary amides is 1. The van der Waals surface area contributed by atoms with Gasteiger partial charge in [-0.15, -0.1) is 0 Å². The van der Waals surface area contributed by atoms with Crippen molar-refractivity contribution in [2.45, 2.75) is 6.54 Å². The molecular formula is C11H11N3O2. The molecule has 16 heavy (non-hydrogen) atoms. The Morgan fingerprint density at radius 2 is 2.38 bits per heavy atom. The monoisotopic (exact) mass is 217 g/mol. The van der Waals surface area contributed by atoms with Crippen LogP contribution in [-0.2, 0) is 6.54 Å². The summed E-state index contributed by atoms with van der Waals surface area (Å²) < 4.78 is 4.93. The zero-order chi connectivity index (χ0) is 11.4. The number of anilines is 1. The summed E-state index contributed by atoms with van der Waals surface area (Å²) in [4.78, 5) is 15.2. The molecule has 0 radical (unpaired) electrons. The molecule has 5 nitrogen and oxygen atoms in total. The molecule has 0 unspecified atom stereocenters. The van der Waals surface area contributed by atoms with E-state index in [9.17, 15) is 4.79 Å². The fourth-order valence-electron chi connectivity index (χ4n) is 1.32. The lowest BCUT2D eigenvalue weighted by atomic mass is 10.2. The SMILES string of the molecule is NC(=O)c1cccnc1NCc1ccoc1. The summed E-state index contributed by atoms with van der Waals surface area (Å²) in [6.07, 6.45) is 4.81. The molecule has 0 atom stereocenters. The van der Waals surface area contributed by atoms with Crippen LogP contribution >= 0.6 is 0 Å². The van der Waals surface area contributed by atoms with Gasteiger partial charge in [0.15, 0.2) is 0 Å². The molecule has 0 fully saturated rings. The first-order chi connectivity index (χ1) is 7.77. The van der Waals surface area contributed by atoms with Gasteiger partial charge in [0.1, 0.15) is 5.82 Å². The van der Waals surface area contributed by atoms with Crippen molar-refractivity contribution in [1.29, 1.82) is 0 Å². The Bertz CT molecular complexity index is 480. The molecule has 3 N–H and O–H groups in total. The van der Waals surface area contributed by atoms with Crippen LogP contribution in [0.2, 0.25) is 0 Å². The highest BCUT2D eigenvalue weighted by molar-refractivity contribution is 5.97. The number of hydrogen-bond acceptors (Lipinski definition) is 4. The third kappa shape index (κ3) is 2.20. The summed E-state index contributed by atoms with van der Waals surface area (Å²) in [5, 5.41) is 3.03. The zero-order valence-corrected chi connectivity index (χ0v) is 8.51. The van der Waals surface area contributed by atoms with Crippen molar-refractivity contribution < 1.29 is 9.21 Å². The maximum atomic E-state index is 11.1. The normalized spacial score (nSPS) is 10.0. The quantitative estimate of drug-likeness (QED) is 0.810. The smallest absolute Gasteiger partial charge is 0.252 e. The van der Waals surface area contributed by atoms with Crippen molar-refractivity contribution in [3.05, 3.63) is 48.0 Å². The minimum atomic E-state index is -0.497. The van der Waals surface area contributed by atoms with Crippen LogP contribution in [0.1, 0.15) is 15.9 Å². The van der Waals surface area contributed by atoms with E-state index < -0.39 is 5.91 Å². The predicted molar refractivity (Wildman–Crippen MR) is 58.8 cm³/mol. The lowest BCUT2D eigenvalue weighted by molar-refractivity contribution is 0.100. The molecule has 5 heteroatoms. The van der Waals surface area contributed by atoms with E-state index in [2.05, 4.69) is 10.3 Å². The van der Waals surface area contributed by atoms with Gasteiger partial charge in [-0.05, 0) is 18.2 Å². The topological polar surface area (TPSA) is 81.2 Å². The number of rotatable bonds is 4. The fourth-order valence-corrected chi connectivity index (χ4v) is 1.32. The number of carbonyl (C=O) groups is 1. The van der Waals surface area contributed by atoms with Gasteiger partial charge in [0.05, 0.1) is 18.1 Å².